The summed E-state index contributed by atoms with van der Waals surface area (Å²) in [4.78, 5) is 38.8. The molecule has 0 spiro atoms. The van der Waals surface area contributed by atoms with Crippen LogP contribution in [0.5, 0.6) is 0 Å². The number of amides is 2. The average molecular weight is 530 g/mol. The van der Waals surface area contributed by atoms with Crippen molar-refractivity contribution in [3.05, 3.63) is 71.3 Å². The molecular formula is C28H33F2N3O3S. The highest BCUT2D eigenvalue weighted by Crippen LogP contribution is 2.34. The molecule has 3 N–H and O–H groups in total. The predicted molar refractivity (Wildman–Crippen MR) is 140 cm³/mol. The third-order valence-electron chi connectivity index (χ3n) is 6.95. The maximum atomic E-state index is 13.6. The number of carbonyl (C=O) groups is 3. The molecule has 4 rings (SSSR count). The largest absolute Gasteiger partial charge is 0.349 e. The van der Waals surface area contributed by atoms with Gasteiger partial charge in [0.15, 0.2) is 0 Å². The summed E-state index contributed by atoms with van der Waals surface area (Å²) in [5, 5.41) is 8.77. The quantitative estimate of drug-likeness (QED) is 0.480. The Morgan fingerprint density at radius 3 is 2.43 bits per heavy atom. The fourth-order valence-electron chi connectivity index (χ4n) is 5.19. The Hall–Kier alpha value is -2.78. The van der Waals surface area contributed by atoms with Crippen molar-refractivity contribution >= 4 is 28.7 Å². The maximum absolute atomic E-state index is 13.6. The van der Waals surface area contributed by atoms with Gasteiger partial charge in [-0.1, -0.05) is 74.2 Å². The van der Waals surface area contributed by atoms with Gasteiger partial charge >= 0.3 is 0 Å². The molecular weight excluding hydrogens is 496 g/mol. The SMILES string of the molecule is O=C(Cc1cc(F)cc(F)c1)N[C@@H](CC1CCCCC1)C(=O)N[C@@H]1CNCC(=O)S[C@@H]1c1ccccc1. The van der Waals surface area contributed by atoms with Crippen molar-refractivity contribution in [1.82, 2.24) is 16.0 Å². The van der Waals surface area contributed by atoms with Crippen molar-refractivity contribution in [1.29, 1.82) is 0 Å². The van der Waals surface area contributed by atoms with Crippen molar-refractivity contribution in [3.63, 3.8) is 0 Å². The van der Waals surface area contributed by atoms with Gasteiger partial charge in [0.05, 0.1) is 24.3 Å². The molecule has 2 aliphatic rings. The van der Waals surface area contributed by atoms with Crippen LogP contribution < -0.4 is 16.0 Å². The summed E-state index contributed by atoms with van der Waals surface area (Å²) in [6, 6.07) is 11.4. The first-order chi connectivity index (χ1) is 17.9. The van der Waals surface area contributed by atoms with Gasteiger partial charge in [-0.25, -0.2) is 8.78 Å². The zero-order valence-corrected chi connectivity index (χ0v) is 21.5. The lowest BCUT2D eigenvalue weighted by molar-refractivity contribution is -0.129. The van der Waals surface area contributed by atoms with Crippen LogP contribution >= 0.6 is 11.8 Å². The van der Waals surface area contributed by atoms with Crippen LogP contribution in [0.25, 0.3) is 0 Å². The number of hydrogen-bond acceptors (Lipinski definition) is 5. The van der Waals surface area contributed by atoms with Crippen LogP contribution in [-0.4, -0.2) is 42.1 Å². The molecule has 0 bridgehead atoms. The minimum Gasteiger partial charge on any atom is -0.349 e. The number of benzene rings is 2. The molecule has 0 radical (unpaired) electrons. The molecule has 2 aromatic carbocycles. The summed E-state index contributed by atoms with van der Waals surface area (Å²) in [5.41, 5.74) is 1.15. The number of hydrogen-bond donors (Lipinski definition) is 3. The second-order valence-electron chi connectivity index (χ2n) is 9.88. The van der Waals surface area contributed by atoms with E-state index in [1.807, 2.05) is 30.3 Å². The van der Waals surface area contributed by atoms with E-state index in [0.717, 1.165) is 49.4 Å². The Balaban J connectivity index is 1.49. The predicted octanol–water partition coefficient (Wildman–Crippen LogP) is 4.05. The van der Waals surface area contributed by atoms with Crippen LogP contribution in [0.4, 0.5) is 8.78 Å². The van der Waals surface area contributed by atoms with Crippen molar-refractivity contribution in [2.75, 3.05) is 13.1 Å². The molecule has 1 saturated carbocycles. The molecule has 3 atom stereocenters. The van der Waals surface area contributed by atoms with E-state index in [9.17, 15) is 23.2 Å². The molecule has 0 aromatic heterocycles. The minimum absolute atomic E-state index is 0.0000130. The van der Waals surface area contributed by atoms with Gasteiger partial charge in [-0.2, -0.15) is 0 Å². The first-order valence-corrected chi connectivity index (χ1v) is 13.7. The molecule has 1 saturated heterocycles. The van der Waals surface area contributed by atoms with Crippen LogP contribution in [-0.2, 0) is 20.8 Å². The minimum atomic E-state index is -0.783. The van der Waals surface area contributed by atoms with Crippen molar-refractivity contribution in [2.24, 2.45) is 5.92 Å². The Bertz CT molecular complexity index is 1080. The molecule has 2 aromatic rings. The number of halogens is 2. The lowest BCUT2D eigenvalue weighted by atomic mass is 9.84. The van der Waals surface area contributed by atoms with Crippen LogP contribution in [0.3, 0.4) is 0 Å². The van der Waals surface area contributed by atoms with Gasteiger partial charge in [-0.3, -0.25) is 14.4 Å². The van der Waals surface area contributed by atoms with Gasteiger partial charge in [0, 0.05) is 12.6 Å². The monoisotopic (exact) mass is 529 g/mol. The fraction of sp³-hybridized carbons (Fsp3) is 0.464. The highest BCUT2D eigenvalue weighted by atomic mass is 32.2. The van der Waals surface area contributed by atoms with Gasteiger partial charge in [0.25, 0.3) is 0 Å². The molecule has 198 valence electrons. The summed E-state index contributed by atoms with van der Waals surface area (Å²) in [6.07, 6.45) is 5.62. The van der Waals surface area contributed by atoms with E-state index < -0.39 is 23.6 Å². The van der Waals surface area contributed by atoms with Gasteiger partial charge in [0.1, 0.15) is 17.7 Å². The summed E-state index contributed by atoms with van der Waals surface area (Å²) in [6.45, 7) is 0.628. The first kappa shape index (κ1) is 27.3. The number of thioether (sulfide) groups is 1. The molecule has 2 fully saturated rings. The standard InChI is InChI=1S/C28H33F2N3O3S/c29-21-11-19(12-22(30)15-21)14-25(34)32-23(13-18-7-3-1-4-8-18)28(36)33-24-16-31-17-26(35)37-27(24)20-9-5-2-6-10-20/h2,5-6,9-12,15,18,23-24,27,31H,1,3-4,7-8,13-14,16-17H2,(H,32,34)(H,33,36)/t23-,24+,27+/m0/s1. The Kier molecular flexibility index (Phi) is 9.68. The van der Waals surface area contributed by atoms with E-state index in [4.69, 9.17) is 0 Å². The number of nitrogens with one attached hydrogen (secondary N) is 3. The molecule has 37 heavy (non-hydrogen) atoms. The first-order valence-electron chi connectivity index (χ1n) is 12.9. The molecule has 1 aliphatic heterocycles. The fourth-order valence-corrected chi connectivity index (χ4v) is 6.28. The lowest BCUT2D eigenvalue weighted by Crippen LogP contribution is -2.53. The Morgan fingerprint density at radius 1 is 1.03 bits per heavy atom. The van der Waals surface area contributed by atoms with Gasteiger partial charge in [-0.05, 0) is 35.6 Å². The van der Waals surface area contributed by atoms with Crippen LogP contribution in [0.1, 0.15) is 54.9 Å². The summed E-state index contributed by atoms with van der Waals surface area (Å²) >= 11 is 1.20. The average Bonchev–Trinajstić information content (AvgIpc) is 3.05. The molecule has 1 aliphatic carbocycles. The van der Waals surface area contributed by atoms with Crippen LogP contribution in [0.2, 0.25) is 0 Å². The van der Waals surface area contributed by atoms with E-state index in [-0.39, 0.29) is 40.8 Å². The van der Waals surface area contributed by atoms with Crippen LogP contribution in [0.15, 0.2) is 48.5 Å². The van der Waals surface area contributed by atoms with Crippen molar-refractivity contribution < 1.29 is 23.2 Å². The summed E-state index contributed by atoms with van der Waals surface area (Å²) < 4.78 is 27.2. The highest BCUT2D eigenvalue weighted by molar-refractivity contribution is 8.14. The molecule has 9 heteroatoms. The van der Waals surface area contributed by atoms with Gasteiger partial charge < -0.3 is 16.0 Å². The number of carbonyl (C=O) groups excluding carboxylic acids is 3. The van der Waals surface area contributed by atoms with E-state index in [1.165, 1.54) is 18.2 Å². The zero-order valence-electron chi connectivity index (χ0n) is 20.7. The topological polar surface area (TPSA) is 87.3 Å². The van der Waals surface area contributed by atoms with Crippen molar-refractivity contribution in [2.45, 2.75) is 62.3 Å². The second kappa shape index (κ2) is 13.1. The third kappa shape index (κ3) is 8.10. The Morgan fingerprint density at radius 2 is 1.73 bits per heavy atom. The normalized spacial score (nSPS) is 21.6. The third-order valence-corrected chi connectivity index (χ3v) is 8.21. The smallest absolute Gasteiger partial charge is 0.242 e. The maximum Gasteiger partial charge on any atom is 0.242 e. The molecule has 0 unspecified atom stereocenters. The summed E-state index contributed by atoms with van der Waals surface area (Å²) in [7, 11) is 0. The van der Waals surface area contributed by atoms with E-state index >= 15 is 0 Å². The molecule has 1 heterocycles. The van der Waals surface area contributed by atoms with E-state index in [2.05, 4.69) is 16.0 Å². The zero-order chi connectivity index (χ0) is 26.2. The van der Waals surface area contributed by atoms with E-state index in [1.54, 1.807) is 0 Å². The van der Waals surface area contributed by atoms with Gasteiger partial charge in [0.2, 0.25) is 16.9 Å². The Labute approximate surface area is 220 Å². The second-order valence-corrected chi connectivity index (χ2v) is 11.1. The van der Waals surface area contributed by atoms with E-state index in [0.29, 0.717) is 18.9 Å². The lowest BCUT2D eigenvalue weighted by Gasteiger charge is -2.30. The molecule has 6 nitrogen and oxygen atoms in total. The molecule has 2 amide bonds. The van der Waals surface area contributed by atoms with Gasteiger partial charge in [-0.15, -0.1) is 0 Å². The highest BCUT2D eigenvalue weighted by Gasteiger charge is 2.33. The summed E-state index contributed by atoms with van der Waals surface area (Å²) in [5.74, 6) is -1.97. The van der Waals surface area contributed by atoms with Crippen molar-refractivity contribution in [3.8, 4) is 0 Å². The number of rotatable bonds is 8. The van der Waals surface area contributed by atoms with Crippen LogP contribution in [0, 0.1) is 17.6 Å².